The van der Waals surface area contributed by atoms with E-state index in [4.69, 9.17) is 16.3 Å². The largest absolute Gasteiger partial charge is 0.573 e. The molecule has 7 heteroatoms. The maximum atomic E-state index is 12.2. The first-order valence-electron chi connectivity index (χ1n) is 6.11. The highest BCUT2D eigenvalue weighted by molar-refractivity contribution is 6.34. The second-order valence-corrected chi connectivity index (χ2v) is 4.62. The Hall–Kier alpha value is -2.21. The van der Waals surface area contributed by atoms with E-state index < -0.39 is 17.9 Å². The third kappa shape index (κ3) is 4.66. The number of hydrogen-bond acceptors (Lipinski definition) is 3. The van der Waals surface area contributed by atoms with E-state index >= 15 is 0 Å². The fraction of sp³-hybridized carbons (Fsp3) is 0.133. The number of para-hydroxylation sites is 1. The van der Waals surface area contributed by atoms with Crippen LogP contribution in [0.4, 0.5) is 13.2 Å². The summed E-state index contributed by atoms with van der Waals surface area (Å²) in [5.41, 5.74) is -0.0978. The molecule has 2 aromatic rings. The lowest BCUT2D eigenvalue weighted by molar-refractivity contribution is -0.274. The van der Waals surface area contributed by atoms with E-state index in [0.29, 0.717) is 5.75 Å². The van der Waals surface area contributed by atoms with Gasteiger partial charge in [-0.2, -0.15) is 0 Å². The molecule has 0 aromatic heterocycles. The number of alkyl halides is 3. The van der Waals surface area contributed by atoms with Crippen molar-refractivity contribution in [3.05, 3.63) is 59.1 Å². The predicted molar refractivity (Wildman–Crippen MR) is 74.4 cm³/mol. The van der Waals surface area contributed by atoms with E-state index in [1.54, 1.807) is 30.3 Å². The van der Waals surface area contributed by atoms with Crippen molar-refractivity contribution in [1.29, 1.82) is 0 Å². The number of benzene rings is 2. The summed E-state index contributed by atoms with van der Waals surface area (Å²) in [5.74, 6) is -0.601. The average Bonchev–Trinajstić information content (AvgIpc) is 2.46. The molecule has 0 aliphatic heterocycles. The Morgan fingerprint density at radius 3 is 2.36 bits per heavy atom. The molecule has 0 N–H and O–H groups in total. The van der Waals surface area contributed by atoms with Crippen molar-refractivity contribution >= 4 is 17.4 Å². The monoisotopic (exact) mass is 330 g/mol. The molecular formula is C15H10ClF3O3. The lowest BCUT2D eigenvalue weighted by Crippen LogP contribution is -2.18. The molecule has 116 valence electrons. The van der Waals surface area contributed by atoms with Gasteiger partial charge in [-0.15, -0.1) is 13.2 Å². The smallest absolute Gasteiger partial charge is 0.485 e. The lowest BCUT2D eigenvalue weighted by atomic mass is 10.1. The number of hydrogen-bond donors (Lipinski definition) is 0. The van der Waals surface area contributed by atoms with Crippen molar-refractivity contribution in [2.45, 2.75) is 6.36 Å². The zero-order valence-corrected chi connectivity index (χ0v) is 11.8. The van der Waals surface area contributed by atoms with Gasteiger partial charge in [0.1, 0.15) is 11.5 Å². The first kappa shape index (κ1) is 16.2. The molecule has 0 atom stereocenters. The molecule has 2 rings (SSSR count). The van der Waals surface area contributed by atoms with Crippen LogP contribution in [0.1, 0.15) is 10.4 Å². The highest BCUT2D eigenvalue weighted by Gasteiger charge is 2.31. The summed E-state index contributed by atoms with van der Waals surface area (Å²) in [7, 11) is 0. The number of carbonyl (C=O) groups excluding carboxylic acids is 1. The van der Waals surface area contributed by atoms with Crippen molar-refractivity contribution in [2.75, 3.05) is 6.61 Å². The summed E-state index contributed by atoms with van der Waals surface area (Å²) < 4.78 is 45.5. The van der Waals surface area contributed by atoms with Gasteiger partial charge in [0.2, 0.25) is 5.78 Å². The highest BCUT2D eigenvalue weighted by Crippen LogP contribution is 2.27. The first-order valence-corrected chi connectivity index (χ1v) is 6.49. The zero-order chi connectivity index (χ0) is 16.2. The molecular weight excluding hydrogens is 321 g/mol. The second-order valence-electron chi connectivity index (χ2n) is 4.21. The lowest BCUT2D eigenvalue weighted by Gasteiger charge is -2.11. The molecule has 0 saturated carbocycles. The van der Waals surface area contributed by atoms with Crippen LogP contribution < -0.4 is 9.47 Å². The van der Waals surface area contributed by atoms with E-state index in [9.17, 15) is 18.0 Å². The molecule has 0 unspecified atom stereocenters. The fourth-order valence-corrected chi connectivity index (χ4v) is 1.88. The molecule has 0 heterocycles. The first-order chi connectivity index (χ1) is 10.3. The van der Waals surface area contributed by atoms with Crippen molar-refractivity contribution in [3.8, 4) is 11.5 Å². The number of ether oxygens (including phenoxy) is 2. The van der Waals surface area contributed by atoms with Crippen molar-refractivity contribution < 1.29 is 27.4 Å². The average molecular weight is 331 g/mol. The van der Waals surface area contributed by atoms with Crippen LogP contribution in [0.2, 0.25) is 5.02 Å². The Balaban J connectivity index is 2.10. The summed E-state index contributed by atoms with van der Waals surface area (Å²) in [6, 6.07) is 11.7. The zero-order valence-electron chi connectivity index (χ0n) is 11.1. The minimum atomic E-state index is -4.84. The molecule has 0 aliphatic rings. The Morgan fingerprint density at radius 1 is 1.05 bits per heavy atom. The molecule has 22 heavy (non-hydrogen) atoms. The Bertz CT molecular complexity index is 657. The minimum absolute atomic E-state index is 0.0242. The number of ketones is 1. The number of Topliss-reactive ketones (excluding diaryl/α,β-unsaturated/α-hetero) is 1. The van der Waals surface area contributed by atoms with Gasteiger partial charge in [0.25, 0.3) is 0 Å². The molecule has 0 radical (unpaired) electrons. The van der Waals surface area contributed by atoms with Crippen LogP contribution in [0.25, 0.3) is 0 Å². The normalized spacial score (nSPS) is 11.1. The quantitative estimate of drug-likeness (QED) is 0.757. The standard InChI is InChI=1S/C15H10ClF3O3/c16-13-7-6-11(22-15(17,18)19)8-12(13)14(20)9-21-10-4-2-1-3-5-10/h1-8H,9H2. The van der Waals surface area contributed by atoms with Gasteiger partial charge < -0.3 is 9.47 Å². The molecule has 0 saturated heterocycles. The van der Waals surface area contributed by atoms with E-state index in [1.165, 1.54) is 6.07 Å². The molecule has 0 spiro atoms. The Kier molecular flexibility index (Phi) is 4.92. The topological polar surface area (TPSA) is 35.5 Å². The maximum absolute atomic E-state index is 12.2. The number of carbonyl (C=O) groups is 1. The number of rotatable bonds is 5. The molecule has 0 bridgehead atoms. The van der Waals surface area contributed by atoms with Crippen LogP contribution in [-0.2, 0) is 0 Å². The predicted octanol–water partition coefficient (Wildman–Crippen LogP) is 4.50. The Morgan fingerprint density at radius 2 is 1.73 bits per heavy atom. The van der Waals surface area contributed by atoms with Crippen LogP contribution in [-0.4, -0.2) is 18.8 Å². The van der Waals surface area contributed by atoms with Gasteiger partial charge in [0.05, 0.1) is 5.02 Å². The maximum Gasteiger partial charge on any atom is 0.573 e. The highest BCUT2D eigenvalue weighted by atomic mass is 35.5. The van der Waals surface area contributed by atoms with Gasteiger partial charge in [0, 0.05) is 5.56 Å². The summed E-state index contributed by atoms with van der Waals surface area (Å²) in [6.07, 6.45) is -4.84. The fourth-order valence-electron chi connectivity index (χ4n) is 1.66. The van der Waals surface area contributed by atoms with Gasteiger partial charge in [-0.3, -0.25) is 4.79 Å². The van der Waals surface area contributed by atoms with Gasteiger partial charge in [0.15, 0.2) is 6.61 Å². The van der Waals surface area contributed by atoms with Gasteiger partial charge in [-0.25, -0.2) is 0 Å². The van der Waals surface area contributed by atoms with Crippen LogP contribution >= 0.6 is 11.6 Å². The van der Waals surface area contributed by atoms with Crippen molar-refractivity contribution in [2.24, 2.45) is 0 Å². The van der Waals surface area contributed by atoms with E-state index in [-0.39, 0.29) is 17.2 Å². The summed E-state index contributed by atoms with van der Waals surface area (Å²) in [5, 5.41) is 0.0242. The van der Waals surface area contributed by atoms with Crippen LogP contribution in [0.3, 0.4) is 0 Å². The molecule has 0 fully saturated rings. The van der Waals surface area contributed by atoms with E-state index in [1.807, 2.05) is 0 Å². The van der Waals surface area contributed by atoms with Gasteiger partial charge >= 0.3 is 6.36 Å². The van der Waals surface area contributed by atoms with E-state index in [0.717, 1.165) is 12.1 Å². The summed E-state index contributed by atoms with van der Waals surface area (Å²) in [6.45, 7) is -0.348. The SMILES string of the molecule is O=C(COc1ccccc1)c1cc(OC(F)(F)F)ccc1Cl. The Labute approximate surface area is 129 Å². The van der Waals surface area contributed by atoms with Crippen LogP contribution in [0.5, 0.6) is 11.5 Å². The molecule has 0 aliphatic carbocycles. The summed E-state index contributed by atoms with van der Waals surface area (Å²) >= 11 is 5.83. The minimum Gasteiger partial charge on any atom is -0.485 e. The number of halogens is 4. The second kappa shape index (κ2) is 6.70. The van der Waals surface area contributed by atoms with Crippen molar-refractivity contribution in [3.63, 3.8) is 0 Å². The van der Waals surface area contributed by atoms with Gasteiger partial charge in [-0.1, -0.05) is 29.8 Å². The molecule has 3 nitrogen and oxygen atoms in total. The third-order valence-electron chi connectivity index (χ3n) is 2.58. The molecule has 0 amide bonds. The van der Waals surface area contributed by atoms with E-state index in [2.05, 4.69) is 4.74 Å². The summed E-state index contributed by atoms with van der Waals surface area (Å²) in [4.78, 5) is 12.0. The van der Waals surface area contributed by atoms with Crippen LogP contribution in [0.15, 0.2) is 48.5 Å². The van der Waals surface area contributed by atoms with Gasteiger partial charge in [-0.05, 0) is 30.3 Å². The molecule has 2 aromatic carbocycles. The third-order valence-corrected chi connectivity index (χ3v) is 2.91. The van der Waals surface area contributed by atoms with Crippen molar-refractivity contribution in [1.82, 2.24) is 0 Å². The van der Waals surface area contributed by atoms with Crippen LogP contribution in [0, 0.1) is 0 Å².